The van der Waals surface area contributed by atoms with Gasteiger partial charge in [0.2, 0.25) is 5.78 Å². The highest BCUT2D eigenvalue weighted by molar-refractivity contribution is 6.06. The monoisotopic (exact) mass is 448 g/mol. The molecule has 3 nitrogen and oxygen atoms in total. The van der Waals surface area contributed by atoms with Gasteiger partial charge >= 0.3 is 0 Å². The van der Waals surface area contributed by atoms with Gasteiger partial charge in [0.1, 0.15) is 0 Å². The molecule has 0 aromatic heterocycles. The van der Waals surface area contributed by atoms with Crippen molar-refractivity contribution in [3.8, 4) is 0 Å². The molecular formula is C30H40O3. The largest absolute Gasteiger partial charge is 0.512 e. The van der Waals surface area contributed by atoms with Crippen molar-refractivity contribution in [2.45, 2.75) is 86.5 Å². The lowest BCUT2D eigenvalue weighted by atomic mass is 9.34. The Morgan fingerprint density at radius 2 is 1.67 bits per heavy atom. The summed E-state index contributed by atoms with van der Waals surface area (Å²) in [7, 11) is 0. The van der Waals surface area contributed by atoms with Gasteiger partial charge in [0.05, 0.1) is 5.76 Å². The first-order chi connectivity index (χ1) is 15.2. The highest BCUT2D eigenvalue weighted by atomic mass is 16.3. The van der Waals surface area contributed by atoms with Crippen LogP contribution in [0.2, 0.25) is 0 Å². The normalized spacial score (nSPS) is 46.8. The third-order valence-electron chi connectivity index (χ3n) is 11.6. The molecule has 0 spiro atoms. The van der Waals surface area contributed by atoms with E-state index in [-0.39, 0.29) is 33.2 Å². The predicted octanol–water partition coefficient (Wildman–Crippen LogP) is 7.68. The van der Waals surface area contributed by atoms with Crippen LogP contribution in [0.5, 0.6) is 0 Å². The Hall–Kier alpha value is -2.03. The van der Waals surface area contributed by atoms with Crippen LogP contribution in [-0.4, -0.2) is 16.0 Å². The van der Waals surface area contributed by atoms with E-state index in [4.69, 9.17) is 0 Å². The average molecular weight is 449 g/mol. The van der Waals surface area contributed by atoms with E-state index in [0.717, 1.165) is 49.7 Å². The second kappa shape index (κ2) is 6.55. The summed E-state index contributed by atoms with van der Waals surface area (Å²) < 4.78 is 0. The number of ketones is 1. The summed E-state index contributed by atoms with van der Waals surface area (Å²) in [5.74, 6) is 0.478. The van der Waals surface area contributed by atoms with Crippen molar-refractivity contribution in [3.05, 3.63) is 58.6 Å². The van der Waals surface area contributed by atoms with E-state index in [9.17, 15) is 15.0 Å². The molecule has 6 unspecified atom stereocenters. The molecule has 0 aromatic rings. The summed E-state index contributed by atoms with van der Waals surface area (Å²) in [5, 5.41) is 20.8. The molecule has 5 aliphatic carbocycles. The Balaban J connectivity index is 1.64. The molecule has 178 valence electrons. The van der Waals surface area contributed by atoms with E-state index < -0.39 is 0 Å². The van der Waals surface area contributed by atoms with Crippen molar-refractivity contribution < 1.29 is 15.0 Å². The second-order valence-electron chi connectivity index (χ2n) is 13.1. The number of hydrogen-bond acceptors (Lipinski definition) is 3. The highest BCUT2D eigenvalue weighted by Gasteiger charge is 2.66. The zero-order valence-electron chi connectivity index (χ0n) is 21.3. The predicted molar refractivity (Wildman–Crippen MR) is 133 cm³/mol. The summed E-state index contributed by atoms with van der Waals surface area (Å²) in [6.45, 7) is 17.8. The fourth-order valence-electron chi connectivity index (χ4n) is 8.72. The molecule has 0 radical (unpaired) electrons. The maximum Gasteiger partial charge on any atom is 0.220 e. The van der Waals surface area contributed by atoms with E-state index in [1.807, 2.05) is 6.92 Å². The van der Waals surface area contributed by atoms with Crippen molar-refractivity contribution >= 4 is 5.78 Å². The van der Waals surface area contributed by atoms with E-state index in [1.54, 1.807) is 6.08 Å². The molecule has 5 rings (SSSR count). The first-order valence-electron chi connectivity index (χ1n) is 12.7. The molecule has 0 heterocycles. The molecule has 0 aromatic carbocycles. The van der Waals surface area contributed by atoms with Gasteiger partial charge < -0.3 is 10.2 Å². The third kappa shape index (κ3) is 2.66. The summed E-state index contributed by atoms with van der Waals surface area (Å²) in [6.07, 6.45) is 13.8. The van der Waals surface area contributed by atoms with Crippen LogP contribution in [0.1, 0.15) is 86.5 Å². The van der Waals surface area contributed by atoms with E-state index in [0.29, 0.717) is 22.7 Å². The van der Waals surface area contributed by atoms with Gasteiger partial charge in [0.15, 0.2) is 5.76 Å². The van der Waals surface area contributed by atoms with E-state index in [1.165, 1.54) is 12.0 Å². The summed E-state index contributed by atoms with van der Waals surface area (Å²) in [5.41, 5.74) is 4.29. The lowest BCUT2D eigenvalue weighted by Gasteiger charge is -2.70. The maximum atomic E-state index is 12.6. The molecule has 3 heteroatoms. The van der Waals surface area contributed by atoms with Crippen LogP contribution in [0, 0.1) is 33.0 Å². The van der Waals surface area contributed by atoms with E-state index in [2.05, 4.69) is 53.3 Å². The number of fused-ring (bicyclic) bond motifs is 7. The van der Waals surface area contributed by atoms with Crippen LogP contribution >= 0.6 is 0 Å². The summed E-state index contributed by atoms with van der Waals surface area (Å²) >= 11 is 0. The molecule has 0 bridgehead atoms. The first kappa shape index (κ1) is 22.7. The molecular weight excluding hydrogens is 408 g/mol. The molecule has 3 saturated carbocycles. The molecule has 6 atom stereocenters. The number of aliphatic hydroxyl groups is 2. The Bertz CT molecular complexity index is 1100. The quantitative estimate of drug-likeness (QED) is 0.404. The van der Waals surface area contributed by atoms with Crippen molar-refractivity contribution in [1.82, 2.24) is 0 Å². The maximum absolute atomic E-state index is 12.6. The van der Waals surface area contributed by atoms with Crippen LogP contribution in [0.4, 0.5) is 0 Å². The van der Waals surface area contributed by atoms with Crippen molar-refractivity contribution in [2.24, 2.45) is 33.0 Å². The van der Waals surface area contributed by atoms with Gasteiger partial charge in [-0.3, -0.25) is 4.79 Å². The lowest BCUT2D eigenvalue weighted by Crippen LogP contribution is -2.61. The van der Waals surface area contributed by atoms with Crippen LogP contribution in [0.3, 0.4) is 0 Å². The van der Waals surface area contributed by atoms with Gasteiger partial charge in [-0.05, 0) is 91.3 Å². The Kier molecular flexibility index (Phi) is 4.51. The lowest BCUT2D eigenvalue weighted by molar-refractivity contribution is -0.160. The average Bonchev–Trinajstić information content (AvgIpc) is 2.75. The number of rotatable bonds is 1. The number of aliphatic hydroxyl groups excluding tert-OH is 2. The summed E-state index contributed by atoms with van der Waals surface area (Å²) in [6, 6.07) is 0. The fourth-order valence-corrected chi connectivity index (χ4v) is 8.72. The number of allylic oxidation sites excluding steroid dienone is 8. The van der Waals surface area contributed by atoms with Gasteiger partial charge in [0.25, 0.3) is 0 Å². The second-order valence-corrected chi connectivity index (χ2v) is 13.1. The smallest absolute Gasteiger partial charge is 0.220 e. The Labute approximate surface area is 199 Å². The standard InChI is InChI=1S/C30H40O3/c1-18-20-8-9-23-28(5,21(20)16-22(32)25(18)33)13-15-30(7)24-17-27(4,19(2)31)11-10-26(24,3)12-14-29(23,30)6/h8-9,16,24,31,33H,2,10-15,17H2,1,3-7H3. The van der Waals surface area contributed by atoms with Crippen molar-refractivity contribution in [2.75, 3.05) is 0 Å². The topological polar surface area (TPSA) is 57.5 Å². The minimum atomic E-state index is -0.263. The van der Waals surface area contributed by atoms with Crippen LogP contribution in [-0.2, 0) is 4.79 Å². The van der Waals surface area contributed by atoms with Gasteiger partial charge in [-0.2, -0.15) is 0 Å². The number of carbonyl (C=O) groups excluding carboxylic acids is 1. The van der Waals surface area contributed by atoms with Crippen molar-refractivity contribution in [3.63, 3.8) is 0 Å². The molecule has 2 N–H and O–H groups in total. The SMILES string of the molecule is C=C(O)C1(C)CCC2(C)CCC3(C)C4=CC=C5C(=CC(=O)C(O)=C5C)C4(C)CCC3(C)C2C1. The van der Waals surface area contributed by atoms with Crippen molar-refractivity contribution in [1.29, 1.82) is 0 Å². The Morgan fingerprint density at radius 1 is 1.00 bits per heavy atom. The van der Waals surface area contributed by atoms with Gasteiger partial charge in [0, 0.05) is 16.4 Å². The van der Waals surface area contributed by atoms with E-state index >= 15 is 0 Å². The molecule has 0 amide bonds. The van der Waals surface area contributed by atoms with Gasteiger partial charge in [-0.15, -0.1) is 0 Å². The van der Waals surface area contributed by atoms with Crippen LogP contribution < -0.4 is 0 Å². The zero-order chi connectivity index (χ0) is 24.2. The zero-order valence-corrected chi connectivity index (χ0v) is 21.3. The Morgan fingerprint density at radius 3 is 2.33 bits per heavy atom. The number of carbonyl (C=O) groups is 1. The molecule has 5 aliphatic rings. The van der Waals surface area contributed by atoms with Crippen LogP contribution in [0.25, 0.3) is 0 Å². The molecule has 0 saturated heterocycles. The number of hydrogen-bond donors (Lipinski definition) is 2. The fraction of sp³-hybridized carbons (Fsp3) is 0.633. The molecule has 33 heavy (non-hydrogen) atoms. The van der Waals surface area contributed by atoms with Gasteiger partial charge in [-0.1, -0.05) is 58.9 Å². The molecule has 0 aliphatic heterocycles. The summed E-state index contributed by atoms with van der Waals surface area (Å²) in [4.78, 5) is 12.6. The van der Waals surface area contributed by atoms with Crippen LogP contribution in [0.15, 0.2) is 58.6 Å². The molecule has 3 fully saturated rings. The highest BCUT2D eigenvalue weighted by Crippen LogP contribution is 2.75. The third-order valence-corrected chi connectivity index (χ3v) is 11.6. The minimum Gasteiger partial charge on any atom is -0.512 e. The first-order valence-corrected chi connectivity index (χ1v) is 12.7. The van der Waals surface area contributed by atoms with Gasteiger partial charge in [-0.25, -0.2) is 0 Å². The minimum absolute atomic E-state index is 0.0161.